The van der Waals surface area contributed by atoms with Crippen molar-refractivity contribution in [3.8, 4) is 0 Å². The van der Waals surface area contributed by atoms with Crippen molar-refractivity contribution >= 4 is 13.8 Å². The van der Waals surface area contributed by atoms with Gasteiger partial charge in [-0.25, -0.2) is 4.79 Å². The number of ether oxygens (including phenoxy) is 1. The van der Waals surface area contributed by atoms with E-state index in [1.54, 1.807) is 0 Å². The Morgan fingerprint density at radius 2 is 1.57 bits per heavy atom. The Labute approximate surface area is 139 Å². The van der Waals surface area contributed by atoms with Gasteiger partial charge >= 0.3 is 5.97 Å². The molecule has 1 atom stereocenters. The van der Waals surface area contributed by atoms with Crippen LogP contribution in [0.2, 0.25) is 0 Å². The monoisotopic (exact) mass is 351 g/mol. The van der Waals surface area contributed by atoms with Crippen LogP contribution in [0.15, 0.2) is 12.7 Å². The number of carbonyl (C=O) groups excluding carboxylic acids is 1. The molecule has 0 aliphatic rings. The molecule has 0 aliphatic carbocycles. The molecule has 8 heteroatoms. The molecule has 1 unspecified atom stereocenters. The van der Waals surface area contributed by atoms with Crippen molar-refractivity contribution in [1.82, 2.24) is 0 Å². The Kier molecular flexibility index (Phi) is 11.4. The molecule has 136 valence electrons. The van der Waals surface area contributed by atoms with E-state index in [4.69, 9.17) is 13.8 Å². The minimum Gasteiger partial charge on any atom is -0.756 e. The normalized spacial score (nSPS) is 14.3. The fourth-order valence-electron chi connectivity index (χ4n) is 1.61. The first-order valence-corrected chi connectivity index (χ1v) is 9.32. The van der Waals surface area contributed by atoms with Crippen LogP contribution in [-0.2, 0) is 23.1 Å². The third-order valence-electron chi connectivity index (χ3n) is 2.96. The first-order chi connectivity index (χ1) is 10.7. The van der Waals surface area contributed by atoms with E-state index in [9.17, 15) is 14.3 Å². The van der Waals surface area contributed by atoms with Crippen LogP contribution >= 0.6 is 7.82 Å². The first kappa shape index (κ1) is 22.3. The summed E-state index contributed by atoms with van der Waals surface area (Å²) in [4.78, 5) is 22.3. The quantitative estimate of drug-likeness (QED) is 0.156. The largest absolute Gasteiger partial charge is 0.756 e. The zero-order valence-electron chi connectivity index (χ0n) is 14.5. The Morgan fingerprint density at radius 1 is 1.04 bits per heavy atom. The van der Waals surface area contributed by atoms with Crippen molar-refractivity contribution in [3.05, 3.63) is 12.7 Å². The topological polar surface area (TPSA) is 84.9 Å². The summed E-state index contributed by atoms with van der Waals surface area (Å²) < 4.78 is 26.6. The van der Waals surface area contributed by atoms with E-state index in [0.29, 0.717) is 24.1 Å². The van der Waals surface area contributed by atoms with Gasteiger partial charge < -0.3 is 23.2 Å². The predicted octanol–water partition coefficient (Wildman–Crippen LogP) is 1.87. The number of rotatable bonds is 14. The molecule has 23 heavy (non-hydrogen) atoms. The summed E-state index contributed by atoms with van der Waals surface area (Å²) >= 11 is 0. The zero-order valence-corrected chi connectivity index (χ0v) is 15.4. The predicted molar refractivity (Wildman–Crippen MR) is 86.7 cm³/mol. The lowest BCUT2D eigenvalue weighted by Crippen LogP contribution is -2.37. The average molecular weight is 351 g/mol. The van der Waals surface area contributed by atoms with Gasteiger partial charge in [0.1, 0.15) is 13.2 Å². The maximum Gasteiger partial charge on any atom is 0.330 e. The van der Waals surface area contributed by atoms with Gasteiger partial charge in [-0.15, -0.1) is 0 Å². The van der Waals surface area contributed by atoms with Crippen LogP contribution in [0.5, 0.6) is 0 Å². The molecule has 0 aromatic heterocycles. The fourth-order valence-corrected chi connectivity index (χ4v) is 2.34. The minimum atomic E-state index is -4.19. The number of esters is 1. The number of quaternary nitrogens is 1. The highest BCUT2D eigenvalue weighted by Gasteiger charge is 2.12. The highest BCUT2D eigenvalue weighted by molar-refractivity contribution is 7.45. The molecule has 0 aliphatic heterocycles. The molecule has 0 N–H and O–H groups in total. The molecule has 0 rings (SSSR count). The van der Waals surface area contributed by atoms with E-state index in [1.165, 1.54) is 0 Å². The Bertz CT molecular complexity index is 394. The molecule has 0 amide bonds. The van der Waals surface area contributed by atoms with E-state index in [0.717, 1.165) is 31.8 Å². The number of likely N-dealkylation sites (N-methyl/N-ethyl adjacent to an activating group) is 1. The molecular formula is C15H30NO6P. The van der Waals surface area contributed by atoms with Gasteiger partial charge in [-0.3, -0.25) is 4.57 Å². The van der Waals surface area contributed by atoms with E-state index in [2.05, 4.69) is 6.58 Å². The van der Waals surface area contributed by atoms with Crippen LogP contribution in [0.1, 0.15) is 32.1 Å². The van der Waals surface area contributed by atoms with Crippen molar-refractivity contribution < 1.29 is 32.5 Å². The van der Waals surface area contributed by atoms with Crippen LogP contribution in [0, 0.1) is 0 Å². The van der Waals surface area contributed by atoms with Gasteiger partial charge in [-0.2, -0.15) is 0 Å². The highest BCUT2D eigenvalue weighted by atomic mass is 31.2. The zero-order chi connectivity index (χ0) is 17.8. The number of phosphoric acid groups is 1. The maximum atomic E-state index is 11.5. The van der Waals surface area contributed by atoms with Crippen LogP contribution in [0.3, 0.4) is 0 Å². The lowest BCUT2D eigenvalue weighted by Gasteiger charge is -2.27. The molecule has 0 saturated carbocycles. The third-order valence-corrected chi connectivity index (χ3v) is 3.96. The standard InChI is InChI=1S/C15H30NO6P/c1-5-15(17)20-12-9-7-6-8-10-13-21-23(18,19)22-14-11-16(2,3)4/h5H,1,6-14H2,2-4H3. The second kappa shape index (κ2) is 11.8. The van der Waals surface area contributed by atoms with Gasteiger partial charge in [-0.05, 0) is 12.8 Å². The van der Waals surface area contributed by atoms with Gasteiger partial charge in [0, 0.05) is 6.08 Å². The number of phosphoric ester groups is 1. The average Bonchev–Trinajstić information content (AvgIpc) is 2.43. The molecule has 0 spiro atoms. The van der Waals surface area contributed by atoms with Gasteiger partial charge in [-0.1, -0.05) is 25.8 Å². The summed E-state index contributed by atoms with van der Waals surface area (Å²) in [6, 6.07) is 0. The van der Waals surface area contributed by atoms with Crippen molar-refractivity contribution in [3.63, 3.8) is 0 Å². The Morgan fingerprint density at radius 3 is 2.13 bits per heavy atom. The second-order valence-corrected chi connectivity index (χ2v) is 7.68. The smallest absolute Gasteiger partial charge is 0.330 e. The summed E-state index contributed by atoms with van der Waals surface area (Å²) in [5.41, 5.74) is 0. The van der Waals surface area contributed by atoms with Crippen LogP contribution in [0.25, 0.3) is 0 Å². The third kappa shape index (κ3) is 15.9. The summed E-state index contributed by atoms with van der Waals surface area (Å²) in [5, 5.41) is 0. The summed E-state index contributed by atoms with van der Waals surface area (Å²) in [7, 11) is 1.68. The SMILES string of the molecule is C=CC(=O)OCCCCCCCOP(=O)([O-])OCC[N+](C)(C)C. The lowest BCUT2D eigenvalue weighted by atomic mass is 10.1. The Hall–Kier alpha value is -0.720. The van der Waals surface area contributed by atoms with Crippen molar-refractivity contribution in [2.75, 3.05) is 47.5 Å². The number of hydrogen-bond donors (Lipinski definition) is 0. The van der Waals surface area contributed by atoms with E-state index in [1.807, 2.05) is 21.1 Å². The molecule has 0 heterocycles. The first-order valence-electron chi connectivity index (χ1n) is 7.86. The van der Waals surface area contributed by atoms with Gasteiger partial charge in [0.15, 0.2) is 0 Å². The molecule has 0 radical (unpaired) electrons. The molecule has 0 fully saturated rings. The van der Waals surface area contributed by atoms with Gasteiger partial charge in [0.05, 0.1) is 34.4 Å². The molecule has 0 saturated heterocycles. The molecule has 7 nitrogen and oxygen atoms in total. The molecule has 0 bridgehead atoms. The minimum absolute atomic E-state index is 0.119. The van der Waals surface area contributed by atoms with E-state index < -0.39 is 13.8 Å². The maximum absolute atomic E-state index is 11.5. The van der Waals surface area contributed by atoms with Crippen LogP contribution < -0.4 is 4.89 Å². The molecule has 0 aromatic rings. The number of nitrogens with zero attached hydrogens (tertiary/aromatic N) is 1. The van der Waals surface area contributed by atoms with Crippen molar-refractivity contribution in [2.45, 2.75) is 32.1 Å². The highest BCUT2D eigenvalue weighted by Crippen LogP contribution is 2.38. The van der Waals surface area contributed by atoms with Gasteiger partial charge in [0.25, 0.3) is 7.82 Å². The second-order valence-electron chi connectivity index (χ2n) is 6.27. The number of unbranched alkanes of at least 4 members (excludes halogenated alkanes) is 4. The molecular weight excluding hydrogens is 321 g/mol. The number of hydrogen-bond acceptors (Lipinski definition) is 6. The van der Waals surface area contributed by atoms with E-state index in [-0.39, 0.29) is 13.2 Å². The van der Waals surface area contributed by atoms with Crippen molar-refractivity contribution in [1.29, 1.82) is 0 Å². The van der Waals surface area contributed by atoms with Crippen LogP contribution in [0.4, 0.5) is 0 Å². The fraction of sp³-hybridized carbons (Fsp3) is 0.800. The summed E-state index contributed by atoms with van der Waals surface area (Å²) in [6.07, 6.45) is 5.28. The summed E-state index contributed by atoms with van der Waals surface area (Å²) in [6.45, 7) is 4.54. The van der Waals surface area contributed by atoms with Crippen molar-refractivity contribution in [2.24, 2.45) is 0 Å². The van der Waals surface area contributed by atoms with Crippen LogP contribution in [-0.4, -0.2) is 58.0 Å². The molecule has 0 aromatic carbocycles. The van der Waals surface area contributed by atoms with E-state index >= 15 is 0 Å². The lowest BCUT2D eigenvalue weighted by molar-refractivity contribution is -0.870. The number of carbonyl (C=O) groups is 1. The van der Waals surface area contributed by atoms with Gasteiger partial charge in [0.2, 0.25) is 0 Å². The summed E-state index contributed by atoms with van der Waals surface area (Å²) in [5.74, 6) is -0.408. The Balaban J connectivity index is 3.50.